The molecule has 0 radical (unpaired) electrons. The molecule has 0 amide bonds. The van der Waals surface area contributed by atoms with Gasteiger partial charge in [-0.1, -0.05) is 17.7 Å². The topological polar surface area (TPSA) is 30.0 Å². The maximum atomic E-state index is 13.4. The van der Waals surface area contributed by atoms with Crippen LogP contribution in [-0.4, -0.2) is 10.8 Å². The molecule has 0 aliphatic heterocycles. The number of carbonyl (C=O) groups excluding carboxylic acids is 1. The summed E-state index contributed by atoms with van der Waals surface area (Å²) in [5.74, 6) is -1.70. The van der Waals surface area contributed by atoms with Gasteiger partial charge in [0.1, 0.15) is 16.8 Å². The third-order valence-corrected chi connectivity index (χ3v) is 2.62. The molecule has 0 saturated carbocycles. The zero-order valence-electron chi connectivity index (χ0n) is 9.16. The molecule has 18 heavy (non-hydrogen) atoms. The molecule has 0 fully saturated rings. The minimum atomic E-state index is -0.733. The molecule has 1 aromatic heterocycles. The van der Waals surface area contributed by atoms with Gasteiger partial charge in [0, 0.05) is 24.2 Å². The van der Waals surface area contributed by atoms with E-state index in [2.05, 4.69) is 4.98 Å². The smallest absolute Gasteiger partial charge is 0.167 e. The highest BCUT2D eigenvalue weighted by Gasteiger charge is 2.11. The van der Waals surface area contributed by atoms with Crippen molar-refractivity contribution in [3.05, 3.63) is 64.4 Å². The summed E-state index contributed by atoms with van der Waals surface area (Å²) in [7, 11) is 0. The van der Waals surface area contributed by atoms with E-state index in [0.717, 1.165) is 12.1 Å². The first kappa shape index (κ1) is 12.6. The molecule has 0 aliphatic carbocycles. The van der Waals surface area contributed by atoms with E-state index in [1.165, 1.54) is 24.4 Å². The fraction of sp³-hybridized carbons (Fsp3) is 0.0769. The van der Waals surface area contributed by atoms with Crippen LogP contribution < -0.4 is 0 Å². The molecular formula is C13H8ClF2NO. The molecule has 5 heteroatoms. The Kier molecular flexibility index (Phi) is 3.67. The summed E-state index contributed by atoms with van der Waals surface area (Å²) in [5, 5.41) is 0.195. The first-order valence-electron chi connectivity index (χ1n) is 5.15. The van der Waals surface area contributed by atoms with Gasteiger partial charge in [0.05, 0.1) is 0 Å². The number of rotatable bonds is 3. The predicted octanol–water partition coefficient (Wildman–Crippen LogP) is 3.44. The van der Waals surface area contributed by atoms with E-state index in [0.29, 0.717) is 5.56 Å². The Balaban J connectivity index is 2.21. The van der Waals surface area contributed by atoms with E-state index in [4.69, 9.17) is 11.6 Å². The van der Waals surface area contributed by atoms with E-state index in [1.54, 1.807) is 0 Å². The number of hydrogen-bond acceptors (Lipinski definition) is 2. The maximum absolute atomic E-state index is 13.4. The molecular weight excluding hydrogens is 260 g/mol. The second-order valence-electron chi connectivity index (χ2n) is 3.70. The second-order valence-corrected chi connectivity index (χ2v) is 4.09. The number of halogens is 3. The van der Waals surface area contributed by atoms with Crippen LogP contribution >= 0.6 is 11.6 Å². The summed E-state index contributed by atoms with van der Waals surface area (Å²) in [5.41, 5.74) is 0.494. The van der Waals surface area contributed by atoms with Crippen LogP contribution in [0.5, 0.6) is 0 Å². The quantitative estimate of drug-likeness (QED) is 0.630. The molecule has 0 aliphatic rings. The largest absolute Gasteiger partial charge is 0.294 e. The van der Waals surface area contributed by atoms with Gasteiger partial charge < -0.3 is 0 Å². The third-order valence-electron chi connectivity index (χ3n) is 2.41. The molecule has 0 bridgehead atoms. The first-order valence-corrected chi connectivity index (χ1v) is 5.53. The maximum Gasteiger partial charge on any atom is 0.167 e. The molecule has 92 valence electrons. The summed E-state index contributed by atoms with van der Waals surface area (Å²) in [4.78, 5) is 15.6. The number of aromatic nitrogens is 1. The minimum Gasteiger partial charge on any atom is -0.294 e. The monoisotopic (exact) mass is 267 g/mol. The molecule has 0 saturated heterocycles. The summed E-state index contributed by atoms with van der Waals surface area (Å²) < 4.78 is 26.1. The highest BCUT2D eigenvalue weighted by molar-refractivity contribution is 6.29. The summed E-state index contributed by atoms with van der Waals surface area (Å²) >= 11 is 5.66. The Bertz CT molecular complexity index is 601. The number of nitrogens with zero attached hydrogens (tertiary/aromatic N) is 1. The van der Waals surface area contributed by atoms with Gasteiger partial charge in [-0.05, 0) is 23.8 Å². The van der Waals surface area contributed by atoms with Crippen LogP contribution in [0.25, 0.3) is 0 Å². The number of hydrogen-bond donors (Lipinski definition) is 0. The lowest BCUT2D eigenvalue weighted by molar-refractivity contribution is 0.0991. The van der Waals surface area contributed by atoms with Gasteiger partial charge >= 0.3 is 0 Å². The second kappa shape index (κ2) is 5.23. The van der Waals surface area contributed by atoms with Crippen molar-refractivity contribution < 1.29 is 13.6 Å². The third kappa shape index (κ3) is 2.90. The number of Topliss-reactive ketones (excluding diaryl/α,β-unsaturated/α-hetero) is 1. The summed E-state index contributed by atoms with van der Waals surface area (Å²) in [6.45, 7) is 0. The van der Waals surface area contributed by atoms with Crippen LogP contribution in [0.15, 0.2) is 36.5 Å². The van der Waals surface area contributed by atoms with E-state index < -0.39 is 11.6 Å². The molecule has 0 N–H and O–H groups in total. The lowest BCUT2D eigenvalue weighted by Crippen LogP contribution is -2.05. The zero-order valence-corrected chi connectivity index (χ0v) is 9.92. The Labute approximate surface area is 107 Å². The molecule has 1 heterocycles. The van der Waals surface area contributed by atoms with Crippen molar-refractivity contribution in [3.63, 3.8) is 0 Å². The highest BCUT2D eigenvalue weighted by atomic mass is 35.5. The zero-order chi connectivity index (χ0) is 13.1. The van der Waals surface area contributed by atoms with Gasteiger partial charge in [0.15, 0.2) is 5.78 Å². The Hall–Kier alpha value is -1.81. The van der Waals surface area contributed by atoms with Crippen molar-refractivity contribution in [2.45, 2.75) is 6.42 Å². The average Bonchev–Trinajstić information content (AvgIpc) is 2.32. The predicted molar refractivity (Wildman–Crippen MR) is 63.6 cm³/mol. The van der Waals surface area contributed by atoms with E-state index in [-0.39, 0.29) is 22.9 Å². The lowest BCUT2D eigenvalue weighted by atomic mass is 10.0. The van der Waals surface area contributed by atoms with Crippen LogP contribution in [0, 0.1) is 11.6 Å². The van der Waals surface area contributed by atoms with Gasteiger partial charge in [0.2, 0.25) is 0 Å². The van der Waals surface area contributed by atoms with Crippen molar-refractivity contribution in [1.82, 2.24) is 4.98 Å². The van der Waals surface area contributed by atoms with E-state index >= 15 is 0 Å². The molecule has 0 atom stereocenters. The molecule has 0 spiro atoms. The number of carbonyl (C=O) groups is 1. The van der Waals surface area contributed by atoms with Crippen LogP contribution in [0.4, 0.5) is 8.78 Å². The van der Waals surface area contributed by atoms with E-state index in [9.17, 15) is 13.6 Å². The van der Waals surface area contributed by atoms with Crippen molar-refractivity contribution in [2.75, 3.05) is 0 Å². The van der Waals surface area contributed by atoms with Crippen molar-refractivity contribution in [2.24, 2.45) is 0 Å². The first-order chi connectivity index (χ1) is 8.56. The number of ketones is 1. The Morgan fingerprint density at radius 3 is 2.67 bits per heavy atom. The van der Waals surface area contributed by atoms with E-state index in [1.807, 2.05) is 0 Å². The molecule has 2 nitrogen and oxygen atoms in total. The normalized spacial score (nSPS) is 10.4. The van der Waals surface area contributed by atoms with Crippen molar-refractivity contribution in [1.29, 1.82) is 0 Å². The highest BCUT2D eigenvalue weighted by Crippen LogP contribution is 2.14. The van der Waals surface area contributed by atoms with Gasteiger partial charge in [-0.3, -0.25) is 4.79 Å². The molecule has 1 aromatic carbocycles. The van der Waals surface area contributed by atoms with Gasteiger partial charge in [-0.2, -0.15) is 0 Å². The van der Waals surface area contributed by atoms with Crippen molar-refractivity contribution >= 4 is 17.4 Å². The van der Waals surface area contributed by atoms with Crippen LogP contribution in [0.3, 0.4) is 0 Å². The molecule has 0 unspecified atom stereocenters. The average molecular weight is 268 g/mol. The van der Waals surface area contributed by atoms with Crippen LogP contribution in [-0.2, 0) is 6.42 Å². The van der Waals surface area contributed by atoms with Crippen LogP contribution in [0.1, 0.15) is 15.9 Å². The van der Waals surface area contributed by atoms with Gasteiger partial charge in [0.25, 0.3) is 0 Å². The summed E-state index contributed by atoms with van der Waals surface area (Å²) in [6.07, 6.45) is 1.25. The summed E-state index contributed by atoms with van der Waals surface area (Å²) in [6, 6.07) is 6.03. The number of benzene rings is 1. The fourth-order valence-corrected chi connectivity index (χ4v) is 1.69. The molecule has 2 rings (SSSR count). The van der Waals surface area contributed by atoms with Gasteiger partial charge in [-0.15, -0.1) is 0 Å². The standard InChI is InChI=1S/C13H8ClF2NO/c14-13-6-9(3-4-17-13)12(18)5-8-1-2-10(15)7-11(8)16/h1-4,6-7H,5H2. The number of pyridine rings is 1. The van der Waals surface area contributed by atoms with Crippen LogP contribution in [0.2, 0.25) is 5.15 Å². The Morgan fingerprint density at radius 2 is 2.00 bits per heavy atom. The SMILES string of the molecule is O=C(Cc1ccc(F)cc1F)c1ccnc(Cl)c1. The molecule has 2 aromatic rings. The minimum absolute atomic E-state index is 0.146. The van der Waals surface area contributed by atoms with Crippen molar-refractivity contribution in [3.8, 4) is 0 Å². The lowest BCUT2D eigenvalue weighted by Gasteiger charge is -2.03. The Morgan fingerprint density at radius 1 is 1.22 bits per heavy atom. The van der Waals surface area contributed by atoms with Gasteiger partial charge in [-0.25, -0.2) is 13.8 Å². The fourth-order valence-electron chi connectivity index (χ4n) is 1.52.